The molecule has 0 radical (unpaired) electrons. The summed E-state index contributed by atoms with van der Waals surface area (Å²) < 4.78 is 5.75. The van der Waals surface area contributed by atoms with Gasteiger partial charge in [-0.25, -0.2) is 4.98 Å². The van der Waals surface area contributed by atoms with E-state index in [0.29, 0.717) is 0 Å². The maximum absolute atomic E-state index is 11.5. The molecule has 1 fully saturated rings. The zero-order chi connectivity index (χ0) is 9.47. The molecule has 13 heavy (non-hydrogen) atoms. The molecule has 1 aromatic rings. The van der Waals surface area contributed by atoms with E-state index in [1.54, 1.807) is 17.5 Å². The second kappa shape index (κ2) is 3.20. The zero-order valence-corrected chi connectivity index (χ0v) is 10.0. The summed E-state index contributed by atoms with van der Waals surface area (Å²) in [5.41, 5.74) is -0.337. The van der Waals surface area contributed by atoms with Crippen molar-refractivity contribution in [3.05, 3.63) is 14.1 Å². The van der Waals surface area contributed by atoms with Gasteiger partial charge in [-0.2, -0.15) is 0 Å². The number of thiazole rings is 1. The molecule has 1 heterocycles. The van der Waals surface area contributed by atoms with Gasteiger partial charge in [-0.1, -0.05) is 0 Å². The highest BCUT2D eigenvalue weighted by atomic mass is 127. The fourth-order valence-electron chi connectivity index (χ4n) is 1.35. The Balaban J connectivity index is 2.30. The Labute approximate surface area is 93.6 Å². The molecule has 2 rings (SSSR count). The Morgan fingerprint density at radius 3 is 2.85 bits per heavy atom. The van der Waals surface area contributed by atoms with Gasteiger partial charge in [0.15, 0.2) is 3.01 Å². The summed E-state index contributed by atoms with van der Waals surface area (Å²) in [6.07, 6.45) is 3.59. The normalized spacial score (nSPS) is 18.3. The number of ether oxygens (including phenoxy) is 1. The molecule has 3 nitrogen and oxygen atoms in total. The zero-order valence-electron chi connectivity index (χ0n) is 7.04. The molecule has 0 atom stereocenters. The first-order valence-corrected chi connectivity index (χ1v) is 5.79. The lowest BCUT2D eigenvalue weighted by molar-refractivity contribution is -0.143. The maximum atomic E-state index is 11.5. The first-order valence-electron chi connectivity index (χ1n) is 3.89. The molecule has 0 amide bonds. The van der Waals surface area contributed by atoms with Gasteiger partial charge in [0.2, 0.25) is 0 Å². The van der Waals surface area contributed by atoms with Crippen LogP contribution in [-0.4, -0.2) is 18.1 Å². The van der Waals surface area contributed by atoms with Crippen molar-refractivity contribution in [2.45, 2.75) is 18.3 Å². The van der Waals surface area contributed by atoms with Crippen molar-refractivity contribution in [2.75, 3.05) is 7.11 Å². The molecule has 0 unspecified atom stereocenters. The van der Waals surface area contributed by atoms with Gasteiger partial charge in [0.25, 0.3) is 0 Å². The van der Waals surface area contributed by atoms with E-state index in [1.165, 1.54) is 7.11 Å². The van der Waals surface area contributed by atoms with Gasteiger partial charge < -0.3 is 4.74 Å². The molecule has 1 saturated carbocycles. The topological polar surface area (TPSA) is 39.2 Å². The quantitative estimate of drug-likeness (QED) is 0.619. The molecule has 1 aliphatic carbocycles. The summed E-state index contributed by atoms with van der Waals surface area (Å²) in [6, 6.07) is 0. The molecule has 0 spiro atoms. The van der Waals surface area contributed by atoms with Gasteiger partial charge >= 0.3 is 5.97 Å². The van der Waals surface area contributed by atoms with Crippen molar-refractivity contribution in [1.82, 2.24) is 4.98 Å². The minimum absolute atomic E-state index is 0.118. The largest absolute Gasteiger partial charge is 0.468 e. The van der Waals surface area contributed by atoms with E-state index in [0.717, 1.165) is 20.7 Å². The summed E-state index contributed by atoms with van der Waals surface area (Å²) in [4.78, 5) is 16.6. The average Bonchev–Trinajstić information content (AvgIpc) is 2.83. The third-order valence-corrected chi connectivity index (χ3v) is 4.20. The molecule has 0 N–H and O–H groups in total. The number of rotatable bonds is 2. The lowest BCUT2D eigenvalue weighted by Gasteiger charge is -2.08. The molecule has 0 aromatic carbocycles. The summed E-state index contributed by atoms with van der Waals surface area (Å²) in [5, 5.41) is 0. The second-order valence-electron chi connectivity index (χ2n) is 3.05. The fourth-order valence-corrected chi connectivity index (χ4v) is 3.07. The van der Waals surface area contributed by atoms with E-state index in [1.807, 2.05) is 0 Å². The highest BCUT2D eigenvalue weighted by Crippen LogP contribution is 2.50. The molecule has 70 valence electrons. The summed E-state index contributed by atoms with van der Waals surface area (Å²) in [5.74, 6) is -0.118. The van der Waals surface area contributed by atoms with Crippen LogP contribution in [0.4, 0.5) is 0 Å². The van der Waals surface area contributed by atoms with Gasteiger partial charge in [0.1, 0.15) is 5.41 Å². The van der Waals surface area contributed by atoms with Crippen molar-refractivity contribution in [2.24, 2.45) is 0 Å². The van der Waals surface area contributed by atoms with Crippen molar-refractivity contribution in [1.29, 1.82) is 0 Å². The van der Waals surface area contributed by atoms with E-state index >= 15 is 0 Å². The number of carbonyl (C=O) groups is 1. The van der Waals surface area contributed by atoms with Crippen LogP contribution in [0.2, 0.25) is 0 Å². The van der Waals surface area contributed by atoms with Crippen LogP contribution in [0.1, 0.15) is 17.7 Å². The Bertz CT molecular complexity index is 346. The number of carbonyl (C=O) groups excluding carboxylic acids is 1. The number of hydrogen-bond acceptors (Lipinski definition) is 4. The lowest BCUT2D eigenvalue weighted by Crippen LogP contribution is -2.20. The summed E-state index contributed by atoms with van der Waals surface area (Å²) in [7, 11) is 1.44. The predicted octanol–water partition coefficient (Wildman–Crippen LogP) is 1.95. The molecular weight excluding hydrogens is 301 g/mol. The standard InChI is InChI=1S/C8H8INO2S/c1-12-6(11)8(2-3-8)5-4-10-7(9)13-5/h4H,2-3H2,1H3. The third kappa shape index (κ3) is 1.48. The first-order chi connectivity index (χ1) is 6.19. The Hall–Kier alpha value is -0.170. The lowest BCUT2D eigenvalue weighted by atomic mass is 10.1. The predicted molar refractivity (Wildman–Crippen MR) is 57.8 cm³/mol. The monoisotopic (exact) mass is 309 g/mol. The van der Waals surface area contributed by atoms with Crippen LogP contribution in [0.5, 0.6) is 0 Å². The number of esters is 1. The van der Waals surface area contributed by atoms with E-state index in [4.69, 9.17) is 4.74 Å². The van der Waals surface area contributed by atoms with Crippen LogP contribution in [0.3, 0.4) is 0 Å². The maximum Gasteiger partial charge on any atom is 0.317 e. The molecule has 0 bridgehead atoms. The van der Waals surface area contributed by atoms with Crippen LogP contribution >= 0.6 is 33.9 Å². The molecule has 0 aliphatic heterocycles. The van der Waals surface area contributed by atoms with E-state index < -0.39 is 0 Å². The Morgan fingerprint density at radius 2 is 2.46 bits per heavy atom. The van der Waals surface area contributed by atoms with Crippen LogP contribution in [0.25, 0.3) is 0 Å². The van der Waals surface area contributed by atoms with Gasteiger partial charge in [-0.15, -0.1) is 11.3 Å². The minimum Gasteiger partial charge on any atom is -0.468 e. The SMILES string of the molecule is COC(=O)C1(c2cnc(I)s2)CC1. The van der Waals surface area contributed by atoms with Crippen LogP contribution in [0.15, 0.2) is 6.20 Å². The number of nitrogens with zero attached hydrogens (tertiary/aromatic N) is 1. The number of aromatic nitrogens is 1. The highest BCUT2D eigenvalue weighted by molar-refractivity contribution is 14.1. The van der Waals surface area contributed by atoms with Crippen LogP contribution in [0, 0.1) is 3.01 Å². The number of halogens is 1. The van der Waals surface area contributed by atoms with E-state index in [9.17, 15) is 4.79 Å². The van der Waals surface area contributed by atoms with Crippen LogP contribution in [-0.2, 0) is 14.9 Å². The molecular formula is C8H8INO2S. The third-order valence-electron chi connectivity index (χ3n) is 2.28. The molecule has 0 saturated heterocycles. The van der Waals surface area contributed by atoms with Gasteiger partial charge in [0, 0.05) is 11.1 Å². The van der Waals surface area contributed by atoms with E-state index in [2.05, 4.69) is 27.6 Å². The first kappa shape index (κ1) is 9.39. The van der Waals surface area contributed by atoms with Crippen molar-refractivity contribution < 1.29 is 9.53 Å². The molecule has 1 aliphatic rings. The Kier molecular flexibility index (Phi) is 2.31. The molecule has 1 aromatic heterocycles. The molecule has 5 heteroatoms. The van der Waals surface area contributed by atoms with Gasteiger partial charge in [-0.05, 0) is 35.4 Å². The minimum atomic E-state index is -0.337. The van der Waals surface area contributed by atoms with Crippen molar-refractivity contribution in [3.8, 4) is 0 Å². The average molecular weight is 309 g/mol. The van der Waals surface area contributed by atoms with Gasteiger partial charge in [0.05, 0.1) is 7.11 Å². The number of methoxy groups -OCH3 is 1. The fraction of sp³-hybridized carbons (Fsp3) is 0.500. The van der Waals surface area contributed by atoms with Crippen molar-refractivity contribution >= 4 is 39.9 Å². The smallest absolute Gasteiger partial charge is 0.317 e. The highest BCUT2D eigenvalue weighted by Gasteiger charge is 2.53. The van der Waals surface area contributed by atoms with Crippen LogP contribution < -0.4 is 0 Å². The van der Waals surface area contributed by atoms with Crippen molar-refractivity contribution in [3.63, 3.8) is 0 Å². The second-order valence-corrected chi connectivity index (χ2v) is 5.84. The Morgan fingerprint density at radius 1 is 1.77 bits per heavy atom. The van der Waals surface area contributed by atoms with Gasteiger partial charge in [-0.3, -0.25) is 4.79 Å². The van der Waals surface area contributed by atoms with E-state index in [-0.39, 0.29) is 11.4 Å². The number of hydrogen-bond donors (Lipinski definition) is 0. The summed E-state index contributed by atoms with van der Waals surface area (Å²) >= 11 is 3.73. The summed E-state index contributed by atoms with van der Waals surface area (Å²) in [6.45, 7) is 0.